The van der Waals surface area contributed by atoms with Crippen LogP contribution in [0.1, 0.15) is 5.56 Å². The van der Waals surface area contributed by atoms with Crippen LogP contribution in [0.3, 0.4) is 0 Å². The molecule has 0 aliphatic rings. The summed E-state index contributed by atoms with van der Waals surface area (Å²) in [4.78, 5) is 8.45. The molecule has 0 unspecified atom stereocenters. The molecule has 3 heteroatoms. The van der Waals surface area contributed by atoms with Gasteiger partial charge in [0.05, 0.1) is 12.0 Å². The maximum Gasteiger partial charge on any atom is 0.0949 e. The maximum atomic E-state index is 4.39. The molecule has 2 heterocycles. The van der Waals surface area contributed by atoms with Crippen molar-refractivity contribution in [3.05, 3.63) is 72.9 Å². The smallest absolute Gasteiger partial charge is 0.0949 e. The highest BCUT2D eigenvalue weighted by Crippen LogP contribution is 2.21. The number of hydrogen-bond acceptors (Lipinski definition) is 2. The van der Waals surface area contributed by atoms with Gasteiger partial charge >= 0.3 is 0 Å². The van der Waals surface area contributed by atoms with E-state index < -0.39 is 0 Å². The van der Waals surface area contributed by atoms with Crippen LogP contribution in [0.15, 0.2) is 61.3 Å². The van der Waals surface area contributed by atoms with E-state index in [1.165, 1.54) is 0 Å². The highest BCUT2D eigenvalue weighted by molar-refractivity contribution is 5.63. The Kier molecular flexibility index (Phi) is 2.88. The van der Waals surface area contributed by atoms with Gasteiger partial charge in [-0.15, -0.1) is 0 Å². The summed E-state index contributed by atoms with van der Waals surface area (Å²) < 4.78 is 2.03. The van der Waals surface area contributed by atoms with Crippen molar-refractivity contribution in [1.29, 1.82) is 0 Å². The molecule has 0 N–H and O–H groups in total. The Balaban J connectivity index is 2.00. The van der Waals surface area contributed by atoms with E-state index in [1.807, 2.05) is 53.6 Å². The van der Waals surface area contributed by atoms with Gasteiger partial charge in [-0.05, 0) is 23.8 Å². The summed E-state index contributed by atoms with van der Waals surface area (Å²) in [7, 11) is 0. The fraction of sp³-hybridized carbons (Fsp3) is 0.0667. The van der Waals surface area contributed by atoms with Gasteiger partial charge in [0.2, 0.25) is 0 Å². The molecule has 0 aliphatic carbocycles. The minimum absolute atomic E-state index is 0.757. The van der Waals surface area contributed by atoms with Crippen LogP contribution in [0.25, 0.3) is 11.3 Å². The molecule has 18 heavy (non-hydrogen) atoms. The Morgan fingerprint density at radius 1 is 1.11 bits per heavy atom. The number of rotatable bonds is 3. The molecule has 0 amide bonds. The van der Waals surface area contributed by atoms with Crippen LogP contribution in [-0.2, 0) is 6.54 Å². The van der Waals surface area contributed by atoms with E-state index in [9.17, 15) is 0 Å². The van der Waals surface area contributed by atoms with Crippen molar-refractivity contribution in [2.45, 2.75) is 6.54 Å². The quantitative estimate of drug-likeness (QED) is 0.697. The lowest BCUT2D eigenvalue weighted by molar-refractivity contribution is 0.797. The average Bonchev–Trinajstić information content (AvgIpc) is 2.93. The summed E-state index contributed by atoms with van der Waals surface area (Å²) in [5, 5.41) is 0. The van der Waals surface area contributed by atoms with Crippen molar-refractivity contribution in [3.63, 3.8) is 0 Å². The van der Waals surface area contributed by atoms with Crippen LogP contribution in [0.5, 0.6) is 0 Å². The molecule has 0 fully saturated rings. The highest BCUT2D eigenvalue weighted by atomic mass is 15.0. The van der Waals surface area contributed by atoms with Crippen LogP contribution in [0.4, 0.5) is 0 Å². The largest absolute Gasteiger partial charge is 0.333 e. The third kappa shape index (κ3) is 2.15. The lowest BCUT2D eigenvalue weighted by atomic mass is 10.0. The van der Waals surface area contributed by atoms with Crippen molar-refractivity contribution in [1.82, 2.24) is 14.5 Å². The molecule has 87 valence electrons. The number of aromatic nitrogens is 3. The summed E-state index contributed by atoms with van der Waals surface area (Å²) in [6.45, 7) is 0.757. The first-order chi connectivity index (χ1) is 8.93. The number of benzene rings is 1. The second-order valence-corrected chi connectivity index (χ2v) is 4.01. The maximum absolute atomic E-state index is 4.39. The summed E-state index contributed by atoms with van der Waals surface area (Å²) in [5.41, 5.74) is 3.21. The molecule has 0 bridgehead atoms. The zero-order valence-corrected chi connectivity index (χ0v) is 9.82. The molecule has 1 aromatic carbocycles. The topological polar surface area (TPSA) is 30.7 Å². The second-order valence-electron chi connectivity index (χ2n) is 4.01. The van der Waals surface area contributed by atoms with Crippen molar-refractivity contribution < 1.29 is 0 Å². The van der Waals surface area contributed by atoms with Crippen LogP contribution in [-0.4, -0.2) is 14.5 Å². The first-order valence-corrected chi connectivity index (χ1v) is 5.80. The van der Waals surface area contributed by atoms with Gasteiger partial charge in [0.1, 0.15) is 0 Å². The zero-order valence-electron chi connectivity index (χ0n) is 9.82. The van der Waals surface area contributed by atoms with E-state index >= 15 is 0 Å². The molecule has 1 radical (unpaired) electrons. The lowest BCUT2D eigenvalue weighted by Crippen LogP contribution is -1.99. The minimum atomic E-state index is 0.757. The molecular weight excluding hydrogens is 222 g/mol. The summed E-state index contributed by atoms with van der Waals surface area (Å²) in [5.74, 6) is 0. The number of nitrogens with zero attached hydrogens (tertiary/aromatic N) is 3. The van der Waals surface area contributed by atoms with E-state index in [-0.39, 0.29) is 0 Å². The molecule has 0 aliphatic heterocycles. The Morgan fingerprint density at radius 2 is 2.11 bits per heavy atom. The van der Waals surface area contributed by atoms with Crippen LogP contribution in [0.2, 0.25) is 0 Å². The average molecular weight is 234 g/mol. The van der Waals surface area contributed by atoms with E-state index in [2.05, 4.69) is 22.1 Å². The van der Waals surface area contributed by atoms with Crippen LogP contribution < -0.4 is 0 Å². The summed E-state index contributed by atoms with van der Waals surface area (Å²) in [6.07, 6.45) is 7.35. The van der Waals surface area contributed by atoms with Gasteiger partial charge in [-0.25, -0.2) is 4.98 Å². The molecular formula is C15H12N3. The fourth-order valence-corrected chi connectivity index (χ4v) is 1.93. The molecule has 0 saturated carbocycles. The molecule has 0 atom stereocenters. The Labute approximate surface area is 106 Å². The monoisotopic (exact) mass is 234 g/mol. The highest BCUT2D eigenvalue weighted by Gasteiger charge is 2.05. The van der Waals surface area contributed by atoms with Gasteiger partial charge in [0, 0.05) is 30.7 Å². The number of pyridine rings is 1. The normalized spacial score (nSPS) is 10.4. The number of imidazole rings is 1. The Hall–Kier alpha value is -2.42. The third-order valence-corrected chi connectivity index (χ3v) is 2.78. The van der Waals surface area contributed by atoms with Gasteiger partial charge in [0.15, 0.2) is 0 Å². The van der Waals surface area contributed by atoms with Crippen molar-refractivity contribution in [3.8, 4) is 11.3 Å². The van der Waals surface area contributed by atoms with Gasteiger partial charge in [-0.2, -0.15) is 0 Å². The molecule has 3 nitrogen and oxygen atoms in total. The number of hydrogen-bond donors (Lipinski definition) is 0. The molecule has 3 aromatic rings. The summed E-state index contributed by atoms with van der Waals surface area (Å²) in [6, 6.07) is 15.2. The minimum Gasteiger partial charge on any atom is -0.333 e. The van der Waals surface area contributed by atoms with E-state index in [4.69, 9.17) is 0 Å². The van der Waals surface area contributed by atoms with Gasteiger partial charge in [-0.1, -0.05) is 24.3 Å². The van der Waals surface area contributed by atoms with Gasteiger partial charge < -0.3 is 4.57 Å². The Bertz CT molecular complexity index is 615. The van der Waals surface area contributed by atoms with Gasteiger partial charge in [-0.3, -0.25) is 4.98 Å². The van der Waals surface area contributed by atoms with Crippen molar-refractivity contribution in [2.24, 2.45) is 0 Å². The van der Waals surface area contributed by atoms with Crippen molar-refractivity contribution in [2.75, 3.05) is 0 Å². The predicted molar refractivity (Wildman–Crippen MR) is 69.8 cm³/mol. The first-order valence-electron chi connectivity index (χ1n) is 5.80. The third-order valence-electron chi connectivity index (χ3n) is 2.78. The van der Waals surface area contributed by atoms with E-state index in [1.54, 1.807) is 6.20 Å². The van der Waals surface area contributed by atoms with E-state index in [0.29, 0.717) is 0 Å². The standard InChI is InChI=1S/C15H12N3/c1-2-6-14(15-7-3-4-8-17-15)13(5-1)11-18-10-9-16-12-18/h1-4,6-10,12H,11H2. The molecule has 0 saturated heterocycles. The van der Waals surface area contributed by atoms with Crippen LogP contribution in [0, 0.1) is 6.07 Å². The second kappa shape index (κ2) is 4.84. The fourth-order valence-electron chi connectivity index (χ4n) is 1.93. The molecule has 0 spiro atoms. The van der Waals surface area contributed by atoms with Crippen molar-refractivity contribution >= 4 is 0 Å². The predicted octanol–water partition coefficient (Wildman–Crippen LogP) is 2.79. The van der Waals surface area contributed by atoms with Gasteiger partial charge in [0.25, 0.3) is 0 Å². The summed E-state index contributed by atoms with van der Waals surface area (Å²) >= 11 is 0. The molecule has 2 aromatic heterocycles. The van der Waals surface area contributed by atoms with E-state index in [0.717, 1.165) is 23.4 Å². The van der Waals surface area contributed by atoms with Crippen LogP contribution >= 0.6 is 0 Å². The first kappa shape index (κ1) is 10.7. The zero-order chi connectivity index (χ0) is 12.2. The SMILES string of the molecule is [c]1cccc(-c2ccccn2)c1Cn1ccnc1. The lowest BCUT2D eigenvalue weighted by Gasteiger charge is -2.08. The molecule has 3 rings (SSSR count). The Morgan fingerprint density at radius 3 is 2.89 bits per heavy atom.